The zero-order valence-corrected chi connectivity index (χ0v) is 17.9. The maximum absolute atomic E-state index is 12.6. The molecule has 33 heavy (non-hydrogen) atoms. The largest absolute Gasteiger partial charge is 0.490 e. The van der Waals surface area contributed by atoms with E-state index < -0.39 is 18.1 Å². The van der Waals surface area contributed by atoms with E-state index in [1.807, 2.05) is 0 Å². The predicted octanol–water partition coefficient (Wildman–Crippen LogP) is 2.69. The lowest BCUT2D eigenvalue weighted by atomic mass is 10.1. The highest BCUT2D eigenvalue weighted by molar-refractivity contribution is 6.32. The van der Waals surface area contributed by atoms with E-state index in [1.54, 1.807) is 4.90 Å². The standard InChI is InChI=1S/C18H20ClN3O4.C2HF3O2/c19-14-5-3-11(18(24)25)8-16(14)26-10-12-4-6-15(21-12)17(23)22-7-1-2-13(22)9-20;3-2(4,5)1(6)7/h3,5,8,12-13,15,21H,1-2,4,6-7,10H2,(H,24,25);(H,6,7)/t12-,13+,15+;/m1./s1. The summed E-state index contributed by atoms with van der Waals surface area (Å²) in [5.41, 5.74) is 0.105. The molecule has 0 saturated carbocycles. The Bertz CT molecular complexity index is 937. The Morgan fingerprint density at radius 2 is 1.91 bits per heavy atom. The van der Waals surface area contributed by atoms with Gasteiger partial charge in [-0.2, -0.15) is 18.4 Å². The van der Waals surface area contributed by atoms with Crippen LogP contribution in [0.2, 0.25) is 5.02 Å². The minimum absolute atomic E-state index is 0.0255. The Morgan fingerprint density at radius 1 is 1.24 bits per heavy atom. The molecule has 2 saturated heterocycles. The van der Waals surface area contributed by atoms with Gasteiger partial charge in [-0.05, 0) is 43.9 Å². The highest BCUT2D eigenvalue weighted by atomic mass is 35.5. The van der Waals surface area contributed by atoms with Crippen LogP contribution < -0.4 is 10.1 Å². The molecule has 0 radical (unpaired) electrons. The van der Waals surface area contributed by atoms with Crippen LogP contribution in [0.5, 0.6) is 5.75 Å². The van der Waals surface area contributed by atoms with Gasteiger partial charge in [0.2, 0.25) is 5.91 Å². The number of nitrogens with one attached hydrogen (secondary N) is 1. The Balaban J connectivity index is 0.000000479. The SMILES string of the molecule is N#C[C@@H]1CCCN1C(=O)[C@@H]1CC[C@H](COc2cc(C(=O)O)ccc2Cl)N1.O=C(O)C(F)(F)F. The van der Waals surface area contributed by atoms with Crippen molar-refractivity contribution in [1.29, 1.82) is 5.26 Å². The number of likely N-dealkylation sites (tertiary alicyclic amines) is 1. The number of hydrogen-bond acceptors (Lipinski definition) is 6. The van der Waals surface area contributed by atoms with E-state index in [0.717, 1.165) is 19.3 Å². The van der Waals surface area contributed by atoms with Crippen LogP contribution >= 0.6 is 11.6 Å². The summed E-state index contributed by atoms with van der Waals surface area (Å²) >= 11 is 6.05. The first-order valence-corrected chi connectivity index (χ1v) is 10.2. The Morgan fingerprint density at radius 3 is 2.48 bits per heavy atom. The van der Waals surface area contributed by atoms with Crippen LogP contribution in [0, 0.1) is 11.3 Å². The van der Waals surface area contributed by atoms with Gasteiger partial charge in [-0.15, -0.1) is 0 Å². The average molecular weight is 492 g/mol. The number of carboxylic acid groups (broad SMARTS) is 2. The number of alkyl halides is 3. The van der Waals surface area contributed by atoms with Crippen LogP contribution in [0.3, 0.4) is 0 Å². The second-order valence-electron chi connectivity index (χ2n) is 7.38. The number of nitriles is 1. The Kier molecular flexibility index (Phi) is 8.90. The number of amides is 1. The molecule has 9 nitrogen and oxygen atoms in total. The molecule has 0 bridgehead atoms. The number of halogens is 4. The number of rotatable bonds is 5. The van der Waals surface area contributed by atoms with Gasteiger partial charge in [-0.25, -0.2) is 9.59 Å². The van der Waals surface area contributed by atoms with Crippen molar-refractivity contribution >= 4 is 29.4 Å². The minimum Gasteiger partial charge on any atom is -0.490 e. The van der Waals surface area contributed by atoms with Gasteiger partial charge < -0.3 is 19.8 Å². The molecular weight excluding hydrogens is 471 g/mol. The molecule has 3 rings (SSSR count). The van der Waals surface area contributed by atoms with E-state index in [0.29, 0.717) is 23.7 Å². The van der Waals surface area contributed by atoms with Gasteiger partial charge >= 0.3 is 18.1 Å². The van der Waals surface area contributed by atoms with E-state index in [1.165, 1.54) is 18.2 Å². The normalized spacial score (nSPS) is 22.2. The van der Waals surface area contributed by atoms with E-state index >= 15 is 0 Å². The molecule has 2 fully saturated rings. The maximum Gasteiger partial charge on any atom is 0.490 e. The van der Waals surface area contributed by atoms with Gasteiger partial charge in [0.05, 0.1) is 22.7 Å². The number of carbonyl (C=O) groups is 3. The summed E-state index contributed by atoms with van der Waals surface area (Å²) in [7, 11) is 0. The lowest BCUT2D eigenvalue weighted by Crippen LogP contribution is -2.47. The third kappa shape index (κ3) is 7.23. The molecule has 0 spiro atoms. The van der Waals surface area contributed by atoms with Crippen molar-refractivity contribution in [3.8, 4) is 11.8 Å². The molecule has 13 heteroatoms. The maximum atomic E-state index is 12.6. The molecule has 1 aromatic rings. The fraction of sp³-hybridized carbons (Fsp3) is 0.500. The first-order chi connectivity index (χ1) is 15.4. The third-order valence-corrected chi connectivity index (χ3v) is 5.40. The van der Waals surface area contributed by atoms with Gasteiger partial charge in [-0.1, -0.05) is 11.6 Å². The highest BCUT2D eigenvalue weighted by Crippen LogP contribution is 2.27. The van der Waals surface area contributed by atoms with E-state index in [4.69, 9.17) is 36.6 Å². The molecule has 1 amide bonds. The third-order valence-electron chi connectivity index (χ3n) is 5.08. The average Bonchev–Trinajstić information content (AvgIpc) is 3.41. The van der Waals surface area contributed by atoms with Crippen molar-refractivity contribution in [2.75, 3.05) is 13.2 Å². The van der Waals surface area contributed by atoms with Crippen LogP contribution in [-0.4, -0.2) is 70.4 Å². The van der Waals surface area contributed by atoms with Crippen LogP contribution in [0.4, 0.5) is 13.2 Å². The van der Waals surface area contributed by atoms with Crippen LogP contribution in [0.25, 0.3) is 0 Å². The monoisotopic (exact) mass is 491 g/mol. The fourth-order valence-corrected chi connectivity index (χ4v) is 3.62. The summed E-state index contributed by atoms with van der Waals surface area (Å²) in [5.74, 6) is -3.52. The number of aromatic carboxylic acids is 1. The number of aliphatic carboxylic acids is 1. The fourth-order valence-electron chi connectivity index (χ4n) is 3.45. The number of carboxylic acids is 2. The van der Waals surface area contributed by atoms with Crippen molar-refractivity contribution in [1.82, 2.24) is 10.2 Å². The molecule has 0 aliphatic carbocycles. The lowest BCUT2D eigenvalue weighted by molar-refractivity contribution is -0.192. The molecule has 2 aliphatic rings. The molecule has 1 aromatic carbocycles. The quantitative estimate of drug-likeness (QED) is 0.571. The number of ether oxygens (including phenoxy) is 1. The van der Waals surface area contributed by atoms with Gasteiger partial charge in [0, 0.05) is 12.6 Å². The van der Waals surface area contributed by atoms with Gasteiger partial charge in [-0.3, -0.25) is 10.1 Å². The molecule has 0 unspecified atom stereocenters. The van der Waals surface area contributed by atoms with Crippen molar-refractivity contribution in [2.45, 2.75) is 50.0 Å². The molecule has 180 valence electrons. The Labute approximate surface area is 191 Å². The summed E-state index contributed by atoms with van der Waals surface area (Å²) in [6.07, 6.45) is -2.04. The van der Waals surface area contributed by atoms with Crippen molar-refractivity contribution in [3.05, 3.63) is 28.8 Å². The Hall–Kier alpha value is -3.04. The number of carbonyl (C=O) groups excluding carboxylic acids is 1. The van der Waals surface area contributed by atoms with E-state index in [-0.39, 0.29) is 36.2 Å². The minimum atomic E-state index is -5.08. The zero-order chi connectivity index (χ0) is 24.8. The summed E-state index contributed by atoms with van der Waals surface area (Å²) < 4.78 is 37.4. The van der Waals surface area contributed by atoms with Crippen molar-refractivity contribution in [3.63, 3.8) is 0 Å². The van der Waals surface area contributed by atoms with E-state index in [9.17, 15) is 22.8 Å². The zero-order valence-electron chi connectivity index (χ0n) is 17.1. The first-order valence-electron chi connectivity index (χ1n) is 9.86. The molecule has 3 N–H and O–H groups in total. The molecule has 2 aliphatic heterocycles. The van der Waals surface area contributed by atoms with Crippen LogP contribution in [0.15, 0.2) is 18.2 Å². The highest BCUT2D eigenvalue weighted by Gasteiger charge is 2.38. The van der Waals surface area contributed by atoms with Crippen molar-refractivity contribution < 1.29 is 42.5 Å². The van der Waals surface area contributed by atoms with Crippen LogP contribution in [-0.2, 0) is 9.59 Å². The van der Waals surface area contributed by atoms with Gasteiger partial charge in [0.1, 0.15) is 18.4 Å². The summed E-state index contributed by atoms with van der Waals surface area (Å²) in [4.78, 5) is 34.2. The summed E-state index contributed by atoms with van der Waals surface area (Å²) in [6.45, 7) is 0.919. The number of hydrogen-bond donors (Lipinski definition) is 3. The van der Waals surface area contributed by atoms with Gasteiger partial charge in [0.25, 0.3) is 0 Å². The lowest BCUT2D eigenvalue weighted by Gasteiger charge is -2.24. The van der Waals surface area contributed by atoms with Crippen molar-refractivity contribution in [2.24, 2.45) is 0 Å². The summed E-state index contributed by atoms with van der Waals surface area (Å²) in [5, 5.41) is 28.9. The second kappa shape index (κ2) is 11.2. The molecule has 0 aromatic heterocycles. The van der Waals surface area contributed by atoms with E-state index in [2.05, 4.69) is 11.4 Å². The second-order valence-corrected chi connectivity index (χ2v) is 7.78. The number of benzene rings is 1. The first kappa shape index (κ1) is 26.2. The molecular formula is C20H21ClF3N3O6. The topological polar surface area (TPSA) is 140 Å². The smallest absolute Gasteiger partial charge is 0.490 e. The number of nitrogens with zero attached hydrogens (tertiary/aromatic N) is 2. The molecule has 3 atom stereocenters. The molecule has 2 heterocycles. The van der Waals surface area contributed by atoms with Gasteiger partial charge in [0.15, 0.2) is 0 Å². The predicted molar refractivity (Wildman–Crippen MR) is 108 cm³/mol. The van der Waals surface area contributed by atoms with Crippen LogP contribution in [0.1, 0.15) is 36.0 Å². The summed E-state index contributed by atoms with van der Waals surface area (Å²) in [6, 6.07) is 5.83.